The molecule has 0 radical (unpaired) electrons. The normalized spacial score (nSPS) is 9.81. The van der Waals surface area contributed by atoms with Crippen LogP contribution in [0.1, 0.15) is 32.8 Å². The number of rotatable bonds is 4. The van der Waals surface area contributed by atoms with Crippen LogP contribution in [0.2, 0.25) is 0 Å². The predicted molar refractivity (Wildman–Crippen MR) is 85.2 cm³/mol. The van der Waals surface area contributed by atoms with Gasteiger partial charge in [0.05, 0.1) is 13.2 Å². The number of aryl methyl sites for hydroxylation is 1. The van der Waals surface area contributed by atoms with Gasteiger partial charge in [-0.25, -0.2) is 0 Å². The number of amides is 1. The Morgan fingerprint density at radius 2 is 2.24 bits per heavy atom. The fourth-order valence-electron chi connectivity index (χ4n) is 1.79. The lowest BCUT2D eigenvalue weighted by Crippen LogP contribution is -2.22. The molecule has 3 nitrogen and oxygen atoms in total. The van der Waals surface area contributed by atoms with Gasteiger partial charge >= 0.3 is 0 Å². The van der Waals surface area contributed by atoms with Gasteiger partial charge in [-0.3, -0.25) is 4.79 Å². The van der Waals surface area contributed by atoms with E-state index in [-0.39, 0.29) is 12.5 Å². The van der Waals surface area contributed by atoms with Gasteiger partial charge in [-0.15, -0.1) is 11.3 Å². The second-order valence-electron chi connectivity index (χ2n) is 4.57. The van der Waals surface area contributed by atoms with E-state index in [1.807, 2.05) is 30.5 Å². The zero-order chi connectivity index (χ0) is 15.1. The minimum absolute atomic E-state index is 0.0486. The van der Waals surface area contributed by atoms with Crippen LogP contribution in [0.3, 0.4) is 0 Å². The fraction of sp³-hybridized carbons (Fsp3) is 0.235. The van der Waals surface area contributed by atoms with Gasteiger partial charge in [0.15, 0.2) is 0 Å². The van der Waals surface area contributed by atoms with Gasteiger partial charge in [0.25, 0.3) is 5.91 Å². The molecule has 0 fully saturated rings. The highest BCUT2D eigenvalue weighted by molar-refractivity contribution is 7.09. The summed E-state index contributed by atoms with van der Waals surface area (Å²) in [6.07, 6.45) is 0.439. The molecule has 2 N–H and O–H groups in total. The Bertz CT molecular complexity index is 666. The number of hydrogen-bond acceptors (Lipinski definition) is 3. The Kier molecular flexibility index (Phi) is 5.56. The predicted octanol–water partition coefficient (Wildman–Crippen LogP) is 2.72. The highest BCUT2D eigenvalue weighted by Gasteiger charge is 2.07. The summed E-state index contributed by atoms with van der Waals surface area (Å²) in [6, 6.07) is 9.45. The van der Waals surface area contributed by atoms with Crippen LogP contribution >= 0.6 is 11.3 Å². The standard InChI is InChI=1S/C17H17NO2S/c1-13-7-8-15(11-14(13)5-2-3-9-19)17(20)18-12-16-6-4-10-21-16/h4,6-8,10-11,19H,3,9,12H2,1H3,(H,18,20). The number of benzene rings is 1. The van der Waals surface area contributed by atoms with Gasteiger partial charge in [-0.1, -0.05) is 24.0 Å². The van der Waals surface area contributed by atoms with Crippen molar-refractivity contribution >= 4 is 17.2 Å². The van der Waals surface area contributed by atoms with Crippen LogP contribution in [0.25, 0.3) is 0 Å². The van der Waals surface area contributed by atoms with E-state index in [1.165, 1.54) is 0 Å². The van der Waals surface area contributed by atoms with E-state index in [9.17, 15) is 4.79 Å². The van der Waals surface area contributed by atoms with E-state index in [0.29, 0.717) is 18.5 Å². The monoisotopic (exact) mass is 299 g/mol. The Balaban J connectivity index is 2.07. The van der Waals surface area contributed by atoms with E-state index >= 15 is 0 Å². The summed E-state index contributed by atoms with van der Waals surface area (Å²) in [7, 11) is 0. The molecule has 0 saturated carbocycles. The summed E-state index contributed by atoms with van der Waals surface area (Å²) < 4.78 is 0. The molecule has 0 aliphatic carbocycles. The molecular formula is C17H17NO2S. The second kappa shape index (κ2) is 7.63. The van der Waals surface area contributed by atoms with Crippen LogP contribution in [0.15, 0.2) is 35.7 Å². The van der Waals surface area contributed by atoms with Crippen LogP contribution in [-0.2, 0) is 6.54 Å². The van der Waals surface area contributed by atoms with E-state index in [4.69, 9.17) is 5.11 Å². The van der Waals surface area contributed by atoms with Crippen LogP contribution < -0.4 is 5.32 Å². The number of carbonyl (C=O) groups is 1. The van der Waals surface area contributed by atoms with Crippen LogP contribution in [0.4, 0.5) is 0 Å². The molecule has 1 aromatic heterocycles. The van der Waals surface area contributed by atoms with Crippen LogP contribution in [-0.4, -0.2) is 17.6 Å². The van der Waals surface area contributed by atoms with Gasteiger partial charge in [0.1, 0.15) is 0 Å². The largest absolute Gasteiger partial charge is 0.395 e. The minimum atomic E-state index is -0.103. The summed E-state index contributed by atoms with van der Waals surface area (Å²) in [5.41, 5.74) is 2.45. The lowest BCUT2D eigenvalue weighted by molar-refractivity contribution is 0.0951. The third-order valence-electron chi connectivity index (χ3n) is 2.96. The molecule has 0 bridgehead atoms. The highest BCUT2D eigenvalue weighted by atomic mass is 32.1. The maximum atomic E-state index is 12.1. The van der Waals surface area contributed by atoms with Gasteiger partial charge in [-0.2, -0.15) is 0 Å². The van der Waals surface area contributed by atoms with Crippen molar-refractivity contribution < 1.29 is 9.90 Å². The molecule has 0 aliphatic rings. The van der Waals surface area contributed by atoms with Crippen molar-refractivity contribution in [1.82, 2.24) is 5.32 Å². The molecule has 1 heterocycles. The van der Waals surface area contributed by atoms with E-state index in [0.717, 1.165) is 16.0 Å². The molecular weight excluding hydrogens is 282 g/mol. The number of nitrogens with one attached hydrogen (secondary N) is 1. The van der Waals surface area contributed by atoms with Crippen molar-refractivity contribution in [3.8, 4) is 11.8 Å². The Labute approximate surface area is 128 Å². The van der Waals surface area contributed by atoms with E-state index in [2.05, 4.69) is 17.2 Å². The molecule has 2 aromatic rings. The third kappa shape index (κ3) is 4.45. The molecule has 4 heteroatoms. The zero-order valence-electron chi connectivity index (χ0n) is 11.8. The van der Waals surface area contributed by atoms with Gasteiger partial charge < -0.3 is 10.4 Å². The fourth-order valence-corrected chi connectivity index (χ4v) is 2.44. The van der Waals surface area contributed by atoms with Gasteiger partial charge in [0.2, 0.25) is 0 Å². The van der Waals surface area contributed by atoms with Crippen molar-refractivity contribution in [3.63, 3.8) is 0 Å². The maximum Gasteiger partial charge on any atom is 0.251 e. The molecule has 0 atom stereocenters. The van der Waals surface area contributed by atoms with Crippen LogP contribution in [0.5, 0.6) is 0 Å². The summed E-state index contributed by atoms with van der Waals surface area (Å²) >= 11 is 1.62. The molecule has 0 spiro atoms. The summed E-state index contributed by atoms with van der Waals surface area (Å²) in [5, 5.41) is 13.6. The number of hydrogen-bond donors (Lipinski definition) is 2. The van der Waals surface area contributed by atoms with Crippen molar-refractivity contribution in [1.29, 1.82) is 0 Å². The SMILES string of the molecule is Cc1ccc(C(=O)NCc2cccs2)cc1C#CCCO. The smallest absolute Gasteiger partial charge is 0.251 e. The van der Waals surface area contributed by atoms with Crippen molar-refractivity contribution in [2.24, 2.45) is 0 Å². The molecule has 1 amide bonds. The highest BCUT2D eigenvalue weighted by Crippen LogP contribution is 2.12. The topological polar surface area (TPSA) is 49.3 Å². The van der Waals surface area contributed by atoms with Crippen LogP contribution in [0, 0.1) is 18.8 Å². The summed E-state index contributed by atoms with van der Waals surface area (Å²) in [5.74, 6) is 5.77. The summed E-state index contributed by atoms with van der Waals surface area (Å²) in [6.45, 7) is 2.54. The first-order chi connectivity index (χ1) is 10.2. The van der Waals surface area contributed by atoms with E-state index in [1.54, 1.807) is 23.5 Å². The number of aliphatic hydroxyl groups is 1. The number of carbonyl (C=O) groups excluding carboxylic acids is 1. The molecule has 0 aliphatic heterocycles. The third-order valence-corrected chi connectivity index (χ3v) is 3.84. The molecule has 1 aromatic carbocycles. The minimum Gasteiger partial charge on any atom is -0.395 e. The number of thiophene rings is 1. The molecule has 21 heavy (non-hydrogen) atoms. The van der Waals surface area contributed by atoms with Crippen molar-refractivity contribution in [3.05, 3.63) is 57.3 Å². The maximum absolute atomic E-state index is 12.1. The second-order valence-corrected chi connectivity index (χ2v) is 5.60. The molecule has 108 valence electrons. The molecule has 0 saturated heterocycles. The first-order valence-corrected chi connectivity index (χ1v) is 7.59. The Morgan fingerprint density at radius 1 is 1.38 bits per heavy atom. The first-order valence-electron chi connectivity index (χ1n) is 6.71. The zero-order valence-corrected chi connectivity index (χ0v) is 12.7. The average Bonchev–Trinajstić information content (AvgIpc) is 3.00. The number of aliphatic hydroxyl groups excluding tert-OH is 1. The molecule has 2 rings (SSSR count). The van der Waals surface area contributed by atoms with Gasteiger partial charge in [-0.05, 0) is 36.1 Å². The van der Waals surface area contributed by atoms with Gasteiger partial charge in [0, 0.05) is 22.4 Å². The van der Waals surface area contributed by atoms with E-state index < -0.39 is 0 Å². The average molecular weight is 299 g/mol. The Morgan fingerprint density at radius 3 is 2.95 bits per heavy atom. The molecule has 0 unspecified atom stereocenters. The van der Waals surface area contributed by atoms with Crippen molar-refractivity contribution in [2.75, 3.05) is 6.61 Å². The summed E-state index contributed by atoms with van der Waals surface area (Å²) in [4.78, 5) is 13.3. The lowest BCUT2D eigenvalue weighted by Gasteiger charge is -2.06. The lowest BCUT2D eigenvalue weighted by atomic mass is 10.0. The first kappa shape index (κ1) is 15.3. The Hall–Kier alpha value is -2.09. The van der Waals surface area contributed by atoms with Crippen molar-refractivity contribution in [2.45, 2.75) is 19.9 Å². The quantitative estimate of drug-likeness (QED) is 0.853.